The molecule has 1 saturated carbocycles. The van der Waals surface area contributed by atoms with E-state index >= 15 is 0 Å². The number of nitrogens with zero attached hydrogens (tertiary/aromatic N) is 2. The van der Waals surface area contributed by atoms with Crippen LogP contribution in [0.1, 0.15) is 75.1 Å². The topological polar surface area (TPSA) is 112 Å². The maximum absolute atomic E-state index is 13.1. The van der Waals surface area contributed by atoms with Gasteiger partial charge in [-0.3, -0.25) is 0 Å². The first-order valence-electron chi connectivity index (χ1n) is 16.6. The van der Waals surface area contributed by atoms with Crippen molar-refractivity contribution in [3.05, 3.63) is 69.8 Å². The Labute approximate surface area is 295 Å². The Kier molecular flexibility index (Phi) is 10.9. The van der Waals surface area contributed by atoms with E-state index in [0.29, 0.717) is 11.1 Å². The van der Waals surface area contributed by atoms with Crippen molar-refractivity contribution in [2.75, 3.05) is 40.4 Å². The van der Waals surface area contributed by atoms with E-state index in [1.54, 1.807) is 0 Å². The summed E-state index contributed by atoms with van der Waals surface area (Å²) in [5.74, 6) is -6.21. The number of ether oxygens (including phenoxy) is 4. The van der Waals surface area contributed by atoms with Crippen molar-refractivity contribution in [3.63, 3.8) is 0 Å². The third-order valence-corrected chi connectivity index (χ3v) is 9.70. The van der Waals surface area contributed by atoms with Gasteiger partial charge in [0, 0.05) is 67.7 Å². The fraction of sp³-hybridized carbons (Fsp3) is 0.459. The van der Waals surface area contributed by atoms with Crippen molar-refractivity contribution in [2.45, 2.75) is 78.3 Å². The summed E-state index contributed by atoms with van der Waals surface area (Å²) in [6.45, 7) is 13.8. The van der Waals surface area contributed by atoms with Gasteiger partial charge in [0.25, 0.3) is 11.6 Å². The minimum atomic E-state index is -1.53. The molecule has 3 fully saturated rings. The number of halogens is 1. The molecule has 0 aromatic heterocycles. The Morgan fingerprint density at radius 2 is 1.02 bits per heavy atom. The second-order valence-electron chi connectivity index (χ2n) is 12.4. The number of aryl methyl sites for hydroxylation is 2. The fourth-order valence-corrected chi connectivity index (χ4v) is 7.00. The summed E-state index contributed by atoms with van der Waals surface area (Å²) in [6, 6.07) is 11.8. The molecule has 3 aliphatic rings. The van der Waals surface area contributed by atoms with Crippen LogP contribution in [0.5, 0.6) is 0 Å². The lowest BCUT2D eigenvalue weighted by atomic mass is 9.87. The van der Waals surface area contributed by atoms with Crippen LogP contribution in [0.3, 0.4) is 0 Å². The summed E-state index contributed by atoms with van der Waals surface area (Å²) in [5.41, 5.74) is 4.99. The summed E-state index contributed by atoms with van der Waals surface area (Å²) >= 11 is 2.35. The number of rotatable bonds is 10. The molecule has 0 radical (unpaired) electrons. The highest BCUT2D eigenvalue weighted by molar-refractivity contribution is 14.1. The first kappa shape index (κ1) is 35.4. The van der Waals surface area contributed by atoms with Crippen molar-refractivity contribution in [2.24, 2.45) is 0 Å². The SMILES string of the molecule is CCCN(CC)c1ccc(C=C2C(=O)OC3(CCC4(CC3)OC(=O)C(=Cc3ccc(N(CC)CCI)cc3C)C(=O)O4)OC2=O)c(C)c1. The highest BCUT2D eigenvalue weighted by Gasteiger charge is 2.56. The summed E-state index contributed by atoms with van der Waals surface area (Å²) in [6.07, 6.45) is 4.02. The van der Waals surface area contributed by atoms with Crippen LogP contribution in [-0.2, 0) is 38.1 Å². The van der Waals surface area contributed by atoms with Crippen LogP contribution in [0.4, 0.5) is 11.4 Å². The number of carbonyl (C=O) groups is 4. The zero-order valence-electron chi connectivity index (χ0n) is 28.2. The molecule has 2 saturated heterocycles. The normalized spacial score (nSPS) is 22.2. The van der Waals surface area contributed by atoms with E-state index in [4.69, 9.17) is 18.9 Å². The first-order chi connectivity index (χ1) is 23.0. The van der Waals surface area contributed by atoms with Crippen LogP contribution < -0.4 is 9.80 Å². The van der Waals surface area contributed by atoms with Crippen LogP contribution in [0.25, 0.3) is 12.2 Å². The molecule has 2 spiro atoms. The Bertz CT molecular complexity index is 1490. The van der Waals surface area contributed by atoms with Crippen LogP contribution in [0.15, 0.2) is 47.5 Å². The number of esters is 4. The second kappa shape index (κ2) is 14.7. The lowest BCUT2D eigenvalue weighted by molar-refractivity contribution is -0.291. The van der Waals surface area contributed by atoms with Gasteiger partial charge in [0.2, 0.25) is 0 Å². The molecule has 0 unspecified atom stereocenters. The van der Waals surface area contributed by atoms with Crippen molar-refractivity contribution < 1.29 is 38.1 Å². The summed E-state index contributed by atoms with van der Waals surface area (Å²) in [4.78, 5) is 57.1. The zero-order chi connectivity index (χ0) is 34.6. The van der Waals surface area contributed by atoms with E-state index in [1.807, 2.05) is 50.2 Å². The fourth-order valence-electron chi connectivity index (χ4n) is 6.42. The molecule has 11 heteroatoms. The lowest BCUT2D eigenvalue weighted by Gasteiger charge is -2.46. The highest BCUT2D eigenvalue weighted by Crippen LogP contribution is 2.45. The maximum Gasteiger partial charge on any atom is 0.348 e. The Morgan fingerprint density at radius 1 is 0.646 bits per heavy atom. The molecule has 10 nitrogen and oxygen atoms in total. The first-order valence-corrected chi connectivity index (χ1v) is 18.1. The van der Waals surface area contributed by atoms with Crippen LogP contribution in [0.2, 0.25) is 0 Å². The zero-order valence-corrected chi connectivity index (χ0v) is 30.4. The van der Waals surface area contributed by atoms with Crippen LogP contribution >= 0.6 is 22.6 Å². The van der Waals surface area contributed by atoms with Crippen molar-refractivity contribution in [1.82, 2.24) is 0 Å². The standard InChI is InChI=1S/C37H43IN2O8/c1-6-18-39(7-2)28-11-9-26(24(4)20-28)22-30-32(41)45-36(46-33(30)42)13-15-37(16-14-36)47-34(43)31(35(44)48-37)23-27-10-12-29(21-25(27)5)40(8-3)19-17-38/h9-12,20-23H,6-8,13-19H2,1-5H3. The van der Waals surface area contributed by atoms with Crippen molar-refractivity contribution in [1.29, 1.82) is 0 Å². The average Bonchev–Trinajstić information content (AvgIpc) is 3.05. The van der Waals surface area contributed by atoms with Gasteiger partial charge in [-0.1, -0.05) is 41.6 Å². The predicted octanol–water partition coefficient (Wildman–Crippen LogP) is 6.43. The molecule has 0 bridgehead atoms. The highest BCUT2D eigenvalue weighted by atomic mass is 127. The number of carbonyl (C=O) groups excluding carboxylic acids is 4. The molecule has 0 atom stereocenters. The largest absolute Gasteiger partial charge is 0.419 e. The van der Waals surface area contributed by atoms with Gasteiger partial charge in [0.1, 0.15) is 11.1 Å². The van der Waals surface area contributed by atoms with Crippen molar-refractivity contribution in [3.8, 4) is 0 Å². The number of benzene rings is 2. The van der Waals surface area contributed by atoms with Crippen molar-refractivity contribution >= 4 is 70.0 Å². The number of hydrogen-bond donors (Lipinski definition) is 0. The minimum absolute atomic E-state index is 0.00101. The third kappa shape index (κ3) is 7.40. The Balaban J connectivity index is 1.24. The van der Waals surface area contributed by atoms with E-state index in [0.717, 1.165) is 59.5 Å². The van der Waals surface area contributed by atoms with Gasteiger partial charge in [0.05, 0.1) is 0 Å². The van der Waals surface area contributed by atoms with E-state index in [1.165, 1.54) is 12.2 Å². The molecule has 2 aromatic rings. The van der Waals surface area contributed by atoms with Gasteiger partial charge in [-0.2, -0.15) is 0 Å². The average molecular weight is 771 g/mol. The molecule has 2 aromatic carbocycles. The van der Waals surface area contributed by atoms with Gasteiger partial charge in [-0.15, -0.1) is 0 Å². The van der Waals surface area contributed by atoms with E-state index in [9.17, 15) is 19.2 Å². The van der Waals surface area contributed by atoms with Gasteiger partial charge in [-0.25, -0.2) is 19.2 Å². The molecule has 0 amide bonds. The molecule has 5 rings (SSSR count). The summed E-state index contributed by atoms with van der Waals surface area (Å²) in [5, 5.41) is 0. The number of hydrogen-bond acceptors (Lipinski definition) is 10. The van der Waals surface area contributed by atoms with E-state index in [2.05, 4.69) is 53.2 Å². The van der Waals surface area contributed by atoms with Gasteiger partial charge in [0.15, 0.2) is 0 Å². The molecule has 1 aliphatic carbocycles. The molecule has 2 aliphatic heterocycles. The van der Waals surface area contributed by atoms with Crippen LogP contribution in [-0.4, -0.2) is 66.1 Å². The van der Waals surface area contributed by atoms with Gasteiger partial charge in [-0.05, 0) is 92.8 Å². The van der Waals surface area contributed by atoms with Gasteiger partial charge < -0.3 is 28.7 Å². The third-order valence-electron chi connectivity index (χ3n) is 9.22. The number of anilines is 2. The predicted molar refractivity (Wildman–Crippen MR) is 192 cm³/mol. The van der Waals surface area contributed by atoms with E-state index < -0.39 is 35.5 Å². The monoisotopic (exact) mass is 770 g/mol. The molecular weight excluding hydrogens is 727 g/mol. The molecule has 0 N–H and O–H groups in total. The second-order valence-corrected chi connectivity index (χ2v) is 13.5. The Morgan fingerprint density at radius 3 is 1.33 bits per heavy atom. The molecule has 256 valence electrons. The summed E-state index contributed by atoms with van der Waals surface area (Å²) in [7, 11) is 0. The Hall–Kier alpha value is -3.87. The minimum Gasteiger partial charge on any atom is -0.419 e. The molecule has 2 heterocycles. The summed E-state index contributed by atoms with van der Waals surface area (Å²) < 4.78 is 23.9. The lowest BCUT2D eigenvalue weighted by Crippen LogP contribution is -2.56. The quantitative estimate of drug-likeness (QED) is 0.0881. The maximum atomic E-state index is 13.1. The van der Waals surface area contributed by atoms with E-state index in [-0.39, 0.29) is 36.8 Å². The smallest absolute Gasteiger partial charge is 0.348 e. The molecular formula is C37H43IN2O8. The van der Waals surface area contributed by atoms with Gasteiger partial charge >= 0.3 is 23.9 Å². The number of alkyl halides is 1. The molecule has 48 heavy (non-hydrogen) atoms. The van der Waals surface area contributed by atoms with Crippen LogP contribution in [0, 0.1) is 13.8 Å².